The molecule has 3 heteroatoms. The lowest BCUT2D eigenvalue weighted by atomic mass is 9.81. The van der Waals surface area contributed by atoms with Crippen molar-refractivity contribution in [3.05, 3.63) is 35.9 Å². The molecular weight excluding hydrogens is 226 g/mol. The monoisotopic (exact) mass is 249 g/mol. The van der Waals surface area contributed by atoms with E-state index in [-0.39, 0.29) is 12.0 Å². The molecule has 0 saturated carbocycles. The van der Waals surface area contributed by atoms with Gasteiger partial charge in [0.15, 0.2) is 0 Å². The van der Waals surface area contributed by atoms with Crippen LogP contribution < -0.4 is 5.73 Å². The van der Waals surface area contributed by atoms with E-state index in [9.17, 15) is 4.79 Å². The average molecular weight is 249 g/mol. The molecule has 100 valence electrons. The standard InChI is InChI=1S/C15H23NO2/c1-14(2,3)18-13(17)15(4,5)12(16)11-9-7-6-8-10-11/h6-10,12H,16H2,1-5H3. The molecule has 1 aromatic rings. The van der Waals surface area contributed by atoms with Gasteiger partial charge in [-0.15, -0.1) is 0 Å². The molecule has 1 rings (SSSR count). The van der Waals surface area contributed by atoms with Crippen molar-refractivity contribution in [3.8, 4) is 0 Å². The van der Waals surface area contributed by atoms with E-state index in [0.717, 1.165) is 5.56 Å². The summed E-state index contributed by atoms with van der Waals surface area (Å²) < 4.78 is 5.43. The molecule has 0 aromatic heterocycles. The van der Waals surface area contributed by atoms with Crippen LogP contribution in [0.2, 0.25) is 0 Å². The predicted octanol–water partition coefficient (Wildman–Crippen LogP) is 3.05. The summed E-state index contributed by atoms with van der Waals surface area (Å²) in [6.07, 6.45) is 0. The van der Waals surface area contributed by atoms with Crippen LogP contribution in [-0.4, -0.2) is 11.6 Å². The minimum Gasteiger partial charge on any atom is -0.460 e. The van der Waals surface area contributed by atoms with Crippen molar-refractivity contribution in [3.63, 3.8) is 0 Å². The smallest absolute Gasteiger partial charge is 0.313 e. The van der Waals surface area contributed by atoms with Crippen molar-refractivity contribution < 1.29 is 9.53 Å². The van der Waals surface area contributed by atoms with Crippen LogP contribution >= 0.6 is 0 Å². The van der Waals surface area contributed by atoms with Gasteiger partial charge in [-0.25, -0.2) is 0 Å². The average Bonchev–Trinajstić information content (AvgIpc) is 2.27. The predicted molar refractivity (Wildman–Crippen MR) is 73.0 cm³/mol. The zero-order valence-corrected chi connectivity index (χ0v) is 11.9. The molecule has 0 aliphatic carbocycles. The number of hydrogen-bond acceptors (Lipinski definition) is 3. The van der Waals surface area contributed by atoms with E-state index in [2.05, 4.69) is 0 Å². The first-order valence-corrected chi connectivity index (χ1v) is 6.18. The van der Waals surface area contributed by atoms with E-state index in [1.165, 1.54) is 0 Å². The van der Waals surface area contributed by atoms with Crippen LogP contribution in [0.4, 0.5) is 0 Å². The molecule has 0 aliphatic heterocycles. The Kier molecular flexibility index (Phi) is 4.17. The molecule has 2 N–H and O–H groups in total. The summed E-state index contributed by atoms with van der Waals surface area (Å²) in [4.78, 5) is 12.2. The van der Waals surface area contributed by atoms with Crippen LogP contribution in [0.5, 0.6) is 0 Å². The molecule has 0 bridgehead atoms. The highest BCUT2D eigenvalue weighted by Crippen LogP contribution is 2.33. The second kappa shape index (κ2) is 5.11. The summed E-state index contributed by atoms with van der Waals surface area (Å²) in [6.45, 7) is 9.20. The minimum absolute atomic E-state index is 0.272. The zero-order valence-electron chi connectivity index (χ0n) is 11.9. The Bertz CT molecular complexity index is 404. The maximum atomic E-state index is 12.2. The Hall–Kier alpha value is -1.35. The van der Waals surface area contributed by atoms with Crippen molar-refractivity contribution in [2.75, 3.05) is 0 Å². The largest absolute Gasteiger partial charge is 0.460 e. The van der Waals surface area contributed by atoms with Crippen LogP contribution in [0, 0.1) is 5.41 Å². The lowest BCUT2D eigenvalue weighted by Crippen LogP contribution is -2.41. The first-order chi connectivity index (χ1) is 8.14. The second-order valence-corrected chi connectivity index (χ2v) is 6.11. The lowest BCUT2D eigenvalue weighted by Gasteiger charge is -2.33. The summed E-state index contributed by atoms with van der Waals surface area (Å²) in [5.41, 5.74) is 5.88. The fourth-order valence-electron chi connectivity index (χ4n) is 1.61. The molecule has 1 atom stereocenters. The highest BCUT2D eigenvalue weighted by molar-refractivity contribution is 5.77. The molecule has 1 aromatic carbocycles. The van der Waals surface area contributed by atoms with Crippen molar-refractivity contribution in [2.24, 2.45) is 11.1 Å². The van der Waals surface area contributed by atoms with Gasteiger partial charge in [0.25, 0.3) is 0 Å². The molecule has 0 fully saturated rings. The van der Waals surface area contributed by atoms with Crippen molar-refractivity contribution in [1.29, 1.82) is 0 Å². The number of rotatable bonds is 3. The molecule has 0 amide bonds. The Morgan fingerprint density at radius 3 is 2.06 bits per heavy atom. The number of benzene rings is 1. The maximum absolute atomic E-state index is 12.2. The molecule has 0 radical (unpaired) electrons. The Morgan fingerprint density at radius 1 is 1.11 bits per heavy atom. The SMILES string of the molecule is CC(C)(C)OC(=O)C(C)(C)C(N)c1ccccc1. The van der Waals surface area contributed by atoms with E-state index < -0.39 is 11.0 Å². The van der Waals surface area contributed by atoms with Gasteiger partial charge in [0, 0.05) is 6.04 Å². The maximum Gasteiger partial charge on any atom is 0.313 e. The molecule has 0 heterocycles. The minimum atomic E-state index is -0.755. The molecule has 0 spiro atoms. The van der Waals surface area contributed by atoms with Gasteiger partial charge in [-0.3, -0.25) is 4.79 Å². The molecule has 0 aliphatic rings. The Labute approximate surface area is 109 Å². The van der Waals surface area contributed by atoms with Crippen LogP contribution in [0.1, 0.15) is 46.2 Å². The Morgan fingerprint density at radius 2 is 1.61 bits per heavy atom. The van der Waals surface area contributed by atoms with Gasteiger partial charge in [0.2, 0.25) is 0 Å². The van der Waals surface area contributed by atoms with Gasteiger partial charge in [-0.05, 0) is 40.2 Å². The molecule has 0 saturated heterocycles. The van der Waals surface area contributed by atoms with Crippen LogP contribution in [0.3, 0.4) is 0 Å². The summed E-state index contributed by atoms with van der Waals surface area (Å²) in [7, 11) is 0. The number of esters is 1. The first kappa shape index (κ1) is 14.7. The highest BCUT2D eigenvalue weighted by atomic mass is 16.6. The van der Waals surface area contributed by atoms with E-state index in [0.29, 0.717) is 0 Å². The molecule has 18 heavy (non-hydrogen) atoms. The highest BCUT2D eigenvalue weighted by Gasteiger charge is 2.38. The zero-order chi connectivity index (χ0) is 14.0. The summed E-state index contributed by atoms with van der Waals surface area (Å²) in [5, 5.41) is 0. The molecule has 3 nitrogen and oxygen atoms in total. The van der Waals surface area contributed by atoms with Gasteiger partial charge >= 0.3 is 5.97 Å². The quantitative estimate of drug-likeness (QED) is 0.838. The third kappa shape index (κ3) is 3.57. The lowest BCUT2D eigenvalue weighted by molar-refractivity contribution is -0.167. The van der Waals surface area contributed by atoms with E-state index in [1.807, 2.05) is 65.0 Å². The van der Waals surface area contributed by atoms with Gasteiger partial charge in [0.05, 0.1) is 5.41 Å². The number of carbonyl (C=O) groups is 1. The molecular formula is C15H23NO2. The van der Waals surface area contributed by atoms with Gasteiger partial charge in [0.1, 0.15) is 5.60 Å². The van der Waals surface area contributed by atoms with Crippen LogP contribution in [-0.2, 0) is 9.53 Å². The van der Waals surface area contributed by atoms with Crippen molar-refractivity contribution in [1.82, 2.24) is 0 Å². The van der Waals surface area contributed by atoms with Crippen LogP contribution in [0.15, 0.2) is 30.3 Å². The number of nitrogens with two attached hydrogens (primary N) is 1. The number of hydrogen-bond donors (Lipinski definition) is 1. The summed E-state index contributed by atoms with van der Waals surface area (Å²) in [5.74, 6) is -0.272. The summed E-state index contributed by atoms with van der Waals surface area (Å²) in [6, 6.07) is 9.24. The fourth-order valence-corrected chi connectivity index (χ4v) is 1.61. The molecule has 1 unspecified atom stereocenters. The third-order valence-electron chi connectivity index (χ3n) is 2.86. The second-order valence-electron chi connectivity index (χ2n) is 6.11. The van der Waals surface area contributed by atoms with Crippen LogP contribution in [0.25, 0.3) is 0 Å². The van der Waals surface area contributed by atoms with Gasteiger partial charge in [-0.2, -0.15) is 0 Å². The third-order valence-corrected chi connectivity index (χ3v) is 2.86. The number of ether oxygens (including phenoxy) is 1. The van der Waals surface area contributed by atoms with Crippen molar-refractivity contribution in [2.45, 2.75) is 46.3 Å². The first-order valence-electron chi connectivity index (χ1n) is 6.18. The number of carbonyl (C=O) groups excluding carboxylic acids is 1. The topological polar surface area (TPSA) is 52.3 Å². The van der Waals surface area contributed by atoms with E-state index in [1.54, 1.807) is 0 Å². The fraction of sp³-hybridized carbons (Fsp3) is 0.533. The van der Waals surface area contributed by atoms with Gasteiger partial charge < -0.3 is 10.5 Å². The van der Waals surface area contributed by atoms with E-state index in [4.69, 9.17) is 10.5 Å². The summed E-state index contributed by atoms with van der Waals surface area (Å²) >= 11 is 0. The van der Waals surface area contributed by atoms with E-state index >= 15 is 0 Å². The Balaban J connectivity index is 2.89. The normalized spacial score (nSPS) is 14.1. The van der Waals surface area contributed by atoms with Gasteiger partial charge in [-0.1, -0.05) is 30.3 Å². The van der Waals surface area contributed by atoms with Crippen molar-refractivity contribution >= 4 is 5.97 Å².